The monoisotopic (exact) mass is 258 g/mol. The molecule has 0 aromatic heterocycles. The highest BCUT2D eigenvalue weighted by atomic mass is 16.6. The number of hydrogen-bond donors (Lipinski definition) is 0. The van der Waals surface area contributed by atoms with Gasteiger partial charge < -0.3 is 14.2 Å². The van der Waals surface area contributed by atoms with E-state index >= 15 is 0 Å². The van der Waals surface area contributed by atoms with E-state index < -0.39 is 24.5 Å². The van der Waals surface area contributed by atoms with Gasteiger partial charge in [0, 0.05) is 12.2 Å². The van der Waals surface area contributed by atoms with Crippen LogP contribution in [0.5, 0.6) is 0 Å². The lowest BCUT2D eigenvalue weighted by Gasteiger charge is -2.03. The van der Waals surface area contributed by atoms with Crippen molar-refractivity contribution < 1.29 is 28.6 Å². The summed E-state index contributed by atoms with van der Waals surface area (Å²) >= 11 is 0. The van der Waals surface area contributed by atoms with Crippen LogP contribution in [0.3, 0.4) is 0 Å². The van der Waals surface area contributed by atoms with Crippen LogP contribution in [0.1, 0.15) is 26.7 Å². The summed E-state index contributed by atoms with van der Waals surface area (Å²) in [5.74, 6) is -2.04. The molecule has 0 unspecified atom stereocenters. The first-order valence-electron chi connectivity index (χ1n) is 5.77. The molecule has 0 spiro atoms. The van der Waals surface area contributed by atoms with Crippen LogP contribution in [-0.4, -0.2) is 37.7 Å². The average molecular weight is 258 g/mol. The van der Waals surface area contributed by atoms with Crippen LogP contribution in [0.15, 0.2) is 12.2 Å². The molecule has 102 valence electrons. The van der Waals surface area contributed by atoms with Gasteiger partial charge >= 0.3 is 17.9 Å². The zero-order chi connectivity index (χ0) is 13.8. The maximum atomic E-state index is 11.1. The molecule has 0 radical (unpaired) electrons. The molecule has 0 saturated carbocycles. The second-order valence-electron chi connectivity index (χ2n) is 3.27. The minimum Gasteiger partial charge on any atom is -0.463 e. The maximum absolute atomic E-state index is 11.1. The molecule has 18 heavy (non-hydrogen) atoms. The highest BCUT2D eigenvalue weighted by molar-refractivity contribution is 5.92. The van der Waals surface area contributed by atoms with Crippen molar-refractivity contribution in [3.63, 3.8) is 0 Å². The van der Waals surface area contributed by atoms with Gasteiger partial charge in [0.05, 0.1) is 13.2 Å². The predicted molar refractivity (Wildman–Crippen MR) is 62.6 cm³/mol. The fourth-order valence-electron chi connectivity index (χ4n) is 0.877. The highest BCUT2D eigenvalue weighted by Gasteiger charge is 2.06. The van der Waals surface area contributed by atoms with Crippen LogP contribution < -0.4 is 0 Å². The summed E-state index contributed by atoms with van der Waals surface area (Å²) in [6.45, 7) is 3.69. The molecule has 0 aliphatic heterocycles. The molecule has 0 atom stereocenters. The van der Waals surface area contributed by atoms with Gasteiger partial charge in [-0.1, -0.05) is 13.3 Å². The molecule has 6 nitrogen and oxygen atoms in total. The van der Waals surface area contributed by atoms with Crippen LogP contribution in [0.4, 0.5) is 0 Å². The Hall–Kier alpha value is -1.85. The van der Waals surface area contributed by atoms with E-state index in [-0.39, 0.29) is 6.61 Å². The molecule has 0 fully saturated rings. The fraction of sp³-hybridized carbons (Fsp3) is 0.583. The molecule has 6 heteroatoms. The van der Waals surface area contributed by atoms with Gasteiger partial charge in [-0.3, -0.25) is 0 Å². The van der Waals surface area contributed by atoms with Crippen LogP contribution >= 0.6 is 0 Å². The van der Waals surface area contributed by atoms with Gasteiger partial charge in [-0.25, -0.2) is 14.4 Å². The molecule has 0 aliphatic rings. The first-order chi connectivity index (χ1) is 8.60. The van der Waals surface area contributed by atoms with Crippen molar-refractivity contribution in [2.24, 2.45) is 0 Å². The number of rotatable bonds is 8. The molecule has 0 aromatic carbocycles. The van der Waals surface area contributed by atoms with E-state index in [2.05, 4.69) is 9.47 Å². The van der Waals surface area contributed by atoms with Gasteiger partial charge in [0.1, 0.15) is 0 Å². The Morgan fingerprint density at radius 1 is 0.944 bits per heavy atom. The van der Waals surface area contributed by atoms with E-state index in [0.717, 1.165) is 25.0 Å². The van der Waals surface area contributed by atoms with E-state index in [1.807, 2.05) is 6.92 Å². The first kappa shape index (κ1) is 16.1. The summed E-state index contributed by atoms with van der Waals surface area (Å²) in [4.78, 5) is 33.0. The van der Waals surface area contributed by atoms with Crippen molar-refractivity contribution in [1.29, 1.82) is 0 Å². The number of esters is 3. The van der Waals surface area contributed by atoms with Gasteiger partial charge in [-0.05, 0) is 13.3 Å². The fourth-order valence-corrected chi connectivity index (χ4v) is 0.877. The summed E-state index contributed by atoms with van der Waals surface area (Å²) in [7, 11) is 0. The van der Waals surface area contributed by atoms with Crippen molar-refractivity contribution in [2.75, 3.05) is 19.8 Å². The lowest BCUT2D eigenvalue weighted by atomic mass is 10.4. The minimum absolute atomic E-state index is 0.224. The summed E-state index contributed by atoms with van der Waals surface area (Å²) in [5.41, 5.74) is 0. The average Bonchev–Trinajstić information content (AvgIpc) is 2.34. The molecule has 0 saturated heterocycles. The molecule has 0 aliphatic carbocycles. The molecule has 0 N–H and O–H groups in total. The van der Waals surface area contributed by atoms with Gasteiger partial charge in [0.15, 0.2) is 6.61 Å². The van der Waals surface area contributed by atoms with Gasteiger partial charge in [0.25, 0.3) is 0 Å². The van der Waals surface area contributed by atoms with Crippen LogP contribution in [-0.2, 0) is 28.6 Å². The Morgan fingerprint density at radius 2 is 1.56 bits per heavy atom. The smallest absolute Gasteiger partial charge is 0.344 e. The SMILES string of the molecule is CCCCOC(=O)COC(=O)/C=C/C(=O)OCC. The second-order valence-corrected chi connectivity index (χ2v) is 3.27. The van der Waals surface area contributed by atoms with Crippen molar-refractivity contribution in [2.45, 2.75) is 26.7 Å². The first-order valence-corrected chi connectivity index (χ1v) is 5.77. The summed E-state index contributed by atoms with van der Waals surface area (Å²) in [6.07, 6.45) is 3.52. The molecular weight excluding hydrogens is 240 g/mol. The van der Waals surface area contributed by atoms with Gasteiger partial charge in [-0.15, -0.1) is 0 Å². The molecule has 0 bridgehead atoms. The number of hydrogen-bond acceptors (Lipinski definition) is 6. The minimum atomic E-state index is -0.796. The van der Waals surface area contributed by atoms with E-state index in [4.69, 9.17) is 4.74 Å². The second kappa shape index (κ2) is 10.3. The Morgan fingerprint density at radius 3 is 2.11 bits per heavy atom. The summed E-state index contributed by atoms with van der Waals surface area (Å²) < 4.78 is 13.9. The Balaban J connectivity index is 3.76. The highest BCUT2D eigenvalue weighted by Crippen LogP contribution is 1.91. The van der Waals surface area contributed by atoms with Crippen LogP contribution in [0.2, 0.25) is 0 Å². The number of unbranched alkanes of at least 4 members (excludes halogenated alkanes) is 1. The standard InChI is InChI=1S/C12H18O6/c1-3-5-8-17-12(15)9-18-11(14)7-6-10(13)16-4-2/h6-7H,3-5,8-9H2,1-2H3/b7-6+. The van der Waals surface area contributed by atoms with E-state index in [0.29, 0.717) is 6.61 Å². The molecular formula is C12H18O6. The molecule has 0 aromatic rings. The Kier molecular flexibility index (Phi) is 9.25. The number of carbonyl (C=O) groups is 3. The number of ether oxygens (including phenoxy) is 3. The van der Waals surface area contributed by atoms with Gasteiger partial charge in [0.2, 0.25) is 0 Å². The Bertz CT molecular complexity index is 308. The summed E-state index contributed by atoms with van der Waals surface area (Å²) in [5, 5.41) is 0. The Labute approximate surface area is 106 Å². The largest absolute Gasteiger partial charge is 0.463 e. The van der Waals surface area contributed by atoms with Crippen LogP contribution in [0, 0.1) is 0 Å². The lowest BCUT2D eigenvalue weighted by Crippen LogP contribution is -2.16. The molecule has 0 rings (SSSR count). The van der Waals surface area contributed by atoms with Crippen molar-refractivity contribution in [1.82, 2.24) is 0 Å². The zero-order valence-electron chi connectivity index (χ0n) is 10.6. The van der Waals surface area contributed by atoms with E-state index in [1.54, 1.807) is 6.92 Å². The third kappa shape index (κ3) is 9.38. The van der Waals surface area contributed by atoms with Crippen LogP contribution in [0.25, 0.3) is 0 Å². The zero-order valence-corrected chi connectivity index (χ0v) is 10.6. The van der Waals surface area contributed by atoms with Gasteiger partial charge in [-0.2, -0.15) is 0 Å². The number of carbonyl (C=O) groups excluding carboxylic acids is 3. The normalized spacial score (nSPS) is 10.1. The summed E-state index contributed by atoms with van der Waals surface area (Å²) in [6, 6.07) is 0. The predicted octanol–water partition coefficient (Wildman–Crippen LogP) is 0.992. The lowest BCUT2D eigenvalue weighted by molar-refractivity contribution is -0.156. The molecule has 0 amide bonds. The van der Waals surface area contributed by atoms with Crippen molar-refractivity contribution in [3.05, 3.63) is 12.2 Å². The third-order valence-electron chi connectivity index (χ3n) is 1.74. The van der Waals surface area contributed by atoms with E-state index in [9.17, 15) is 14.4 Å². The van der Waals surface area contributed by atoms with E-state index in [1.165, 1.54) is 0 Å². The van der Waals surface area contributed by atoms with Crippen molar-refractivity contribution in [3.8, 4) is 0 Å². The quantitative estimate of drug-likeness (QED) is 0.279. The molecule has 0 heterocycles. The third-order valence-corrected chi connectivity index (χ3v) is 1.74. The van der Waals surface area contributed by atoms with Crippen molar-refractivity contribution >= 4 is 17.9 Å². The maximum Gasteiger partial charge on any atom is 0.344 e. The topological polar surface area (TPSA) is 78.9 Å².